The number of hydrogen-bond acceptors (Lipinski definition) is 4. The first kappa shape index (κ1) is 11.8. The Hall–Kier alpha value is -0.160. The standard InChI is InChI=1S/C8H18O4/c1-2-3-8(12,6-10)4-7(11)5-9/h7,9-12H,2-6H2,1H3. The van der Waals surface area contributed by atoms with Gasteiger partial charge in [-0.05, 0) is 6.42 Å². The zero-order chi connectivity index (χ0) is 9.61. The Kier molecular flexibility index (Phi) is 5.41. The fourth-order valence-corrected chi connectivity index (χ4v) is 1.21. The van der Waals surface area contributed by atoms with Gasteiger partial charge in [-0.3, -0.25) is 0 Å². The highest BCUT2D eigenvalue weighted by Crippen LogP contribution is 2.18. The molecule has 0 rings (SSSR count). The average Bonchev–Trinajstić information content (AvgIpc) is 2.05. The fraction of sp³-hybridized carbons (Fsp3) is 1.00. The number of aliphatic hydroxyl groups excluding tert-OH is 3. The summed E-state index contributed by atoms with van der Waals surface area (Å²) in [6, 6.07) is 0. The van der Waals surface area contributed by atoms with Gasteiger partial charge in [0, 0.05) is 6.42 Å². The third kappa shape index (κ3) is 4.01. The summed E-state index contributed by atoms with van der Waals surface area (Å²) in [7, 11) is 0. The van der Waals surface area contributed by atoms with E-state index in [0.717, 1.165) is 6.42 Å². The van der Waals surface area contributed by atoms with Crippen LogP contribution in [-0.2, 0) is 0 Å². The Morgan fingerprint density at radius 3 is 2.25 bits per heavy atom. The summed E-state index contributed by atoms with van der Waals surface area (Å²) in [5.74, 6) is 0. The van der Waals surface area contributed by atoms with Crippen LogP contribution in [0, 0.1) is 0 Å². The summed E-state index contributed by atoms with van der Waals surface area (Å²) in [5.41, 5.74) is -1.24. The molecule has 0 aromatic heterocycles. The number of hydrogen-bond donors (Lipinski definition) is 4. The van der Waals surface area contributed by atoms with Gasteiger partial charge in [0.1, 0.15) is 0 Å². The number of aliphatic hydroxyl groups is 4. The Morgan fingerprint density at radius 2 is 1.92 bits per heavy atom. The van der Waals surface area contributed by atoms with Crippen molar-refractivity contribution >= 4 is 0 Å². The summed E-state index contributed by atoms with van der Waals surface area (Å²) in [5, 5.41) is 36.0. The van der Waals surface area contributed by atoms with Crippen LogP contribution in [0.2, 0.25) is 0 Å². The number of rotatable bonds is 6. The molecule has 0 aliphatic rings. The quantitative estimate of drug-likeness (QED) is 0.431. The molecule has 0 fully saturated rings. The van der Waals surface area contributed by atoms with E-state index in [0.29, 0.717) is 6.42 Å². The highest BCUT2D eigenvalue weighted by Gasteiger charge is 2.27. The second-order valence-corrected chi connectivity index (χ2v) is 3.17. The normalized spacial score (nSPS) is 18.8. The molecule has 0 aliphatic heterocycles. The van der Waals surface area contributed by atoms with Gasteiger partial charge in [-0.25, -0.2) is 0 Å². The van der Waals surface area contributed by atoms with E-state index in [9.17, 15) is 5.11 Å². The SMILES string of the molecule is CCCC(O)(CO)CC(O)CO. The largest absolute Gasteiger partial charge is 0.394 e. The summed E-state index contributed by atoms with van der Waals surface area (Å²) >= 11 is 0. The zero-order valence-electron chi connectivity index (χ0n) is 7.40. The van der Waals surface area contributed by atoms with E-state index in [4.69, 9.17) is 15.3 Å². The minimum atomic E-state index is -1.24. The van der Waals surface area contributed by atoms with Crippen molar-refractivity contribution in [1.29, 1.82) is 0 Å². The van der Waals surface area contributed by atoms with Gasteiger partial charge in [-0.2, -0.15) is 0 Å². The molecule has 0 bridgehead atoms. The van der Waals surface area contributed by atoms with Crippen molar-refractivity contribution < 1.29 is 20.4 Å². The van der Waals surface area contributed by atoms with Crippen LogP contribution >= 0.6 is 0 Å². The first-order chi connectivity index (χ1) is 5.58. The molecule has 12 heavy (non-hydrogen) atoms. The van der Waals surface area contributed by atoms with Gasteiger partial charge in [0.05, 0.1) is 24.9 Å². The maximum atomic E-state index is 9.60. The van der Waals surface area contributed by atoms with Crippen molar-refractivity contribution in [2.24, 2.45) is 0 Å². The Balaban J connectivity index is 3.94. The minimum Gasteiger partial charge on any atom is -0.394 e. The van der Waals surface area contributed by atoms with Crippen LogP contribution in [0.15, 0.2) is 0 Å². The molecule has 0 saturated carbocycles. The molecule has 0 heterocycles. The van der Waals surface area contributed by atoms with Crippen LogP contribution in [0.3, 0.4) is 0 Å². The molecule has 0 saturated heterocycles. The maximum absolute atomic E-state index is 9.60. The van der Waals surface area contributed by atoms with Crippen LogP contribution < -0.4 is 0 Å². The average molecular weight is 178 g/mol. The molecule has 0 amide bonds. The molecule has 4 nitrogen and oxygen atoms in total. The van der Waals surface area contributed by atoms with Crippen molar-refractivity contribution in [3.63, 3.8) is 0 Å². The molecule has 0 spiro atoms. The van der Waals surface area contributed by atoms with Gasteiger partial charge >= 0.3 is 0 Å². The summed E-state index contributed by atoms with van der Waals surface area (Å²) in [6.45, 7) is 1.12. The monoisotopic (exact) mass is 178 g/mol. The van der Waals surface area contributed by atoms with Gasteiger partial charge in [0.2, 0.25) is 0 Å². The minimum absolute atomic E-state index is 0.0217. The second-order valence-electron chi connectivity index (χ2n) is 3.17. The van der Waals surface area contributed by atoms with Gasteiger partial charge in [-0.15, -0.1) is 0 Å². The van der Waals surface area contributed by atoms with E-state index in [-0.39, 0.29) is 19.6 Å². The lowest BCUT2D eigenvalue weighted by molar-refractivity contribution is -0.0645. The predicted octanol–water partition coefficient (Wildman–Crippen LogP) is -0.747. The molecular formula is C8H18O4. The van der Waals surface area contributed by atoms with E-state index in [1.54, 1.807) is 0 Å². The molecule has 74 valence electrons. The van der Waals surface area contributed by atoms with Crippen LogP contribution in [0.4, 0.5) is 0 Å². The van der Waals surface area contributed by atoms with Crippen molar-refractivity contribution in [3.8, 4) is 0 Å². The smallest absolute Gasteiger partial charge is 0.0902 e. The predicted molar refractivity (Wildman–Crippen MR) is 44.7 cm³/mol. The Bertz CT molecular complexity index is 118. The molecule has 4 heteroatoms. The van der Waals surface area contributed by atoms with Crippen molar-refractivity contribution in [2.45, 2.75) is 37.9 Å². The third-order valence-electron chi connectivity index (χ3n) is 1.84. The van der Waals surface area contributed by atoms with Gasteiger partial charge in [0.15, 0.2) is 0 Å². The Labute approximate surface area is 72.5 Å². The molecule has 2 atom stereocenters. The molecule has 0 aliphatic carbocycles. The lowest BCUT2D eigenvalue weighted by atomic mass is 9.92. The van der Waals surface area contributed by atoms with Crippen molar-refractivity contribution in [1.82, 2.24) is 0 Å². The summed E-state index contributed by atoms with van der Waals surface area (Å²) < 4.78 is 0. The molecule has 0 aromatic carbocycles. The summed E-state index contributed by atoms with van der Waals surface area (Å²) in [6.07, 6.45) is 0.234. The van der Waals surface area contributed by atoms with E-state index >= 15 is 0 Å². The first-order valence-electron chi connectivity index (χ1n) is 4.20. The van der Waals surface area contributed by atoms with Crippen LogP contribution in [0.1, 0.15) is 26.2 Å². The Morgan fingerprint density at radius 1 is 1.33 bits per heavy atom. The van der Waals surface area contributed by atoms with Crippen molar-refractivity contribution in [2.75, 3.05) is 13.2 Å². The molecule has 4 N–H and O–H groups in total. The van der Waals surface area contributed by atoms with E-state index < -0.39 is 11.7 Å². The van der Waals surface area contributed by atoms with Gasteiger partial charge in [-0.1, -0.05) is 13.3 Å². The lowest BCUT2D eigenvalue weighted by Gasteiger charge is -2.27. The summed E-state index contributed by atoms with van der Waals surface area (Å²) in [4.78, 5) is 0. The fourth-order valence-electron chi connectivity index (χ4n) is 1.21. The van der Waals surface area contributed by atoms with E-state index in [1.807, 2.05) is 6.92 Å². The third-order valence-corrected chi connectivity index (χ3v) is 1.84. The molecule has 0 aromatic rings. The second kappa shape index (κ2) is 5.48. The molecular weight excluding hydrogens is 160 g/mol. The highest BCUT2D eigenvalue weighted by molar-refractivity contribution is 4.79. The van der Waals surface area contributed by atoms with Gasteiger partial charge < -0.3 is 20.4 Å². The van der Waals surface area contributed by atoms with Crippen LogP contribution in [0.25, 0.3) is 0 Å². The zero-order valence-corrected chi connectivity index (χ0v) is 7.40. The van der Waals surface area contributed by atoms with Gasteiger partial charge in [0.25, 0.3) is 0 Å². The van der Waals surface area contributed by atoms with E-state index in [1.165, 1.54) is 0 Å². The van der Waals surface area contributed by atoms with Crippen LogP contribution in [-0.4, -0.2) is 45.3 Å². The molecule has 0 radical (unpaired) electrons. The molecule has 2 unspecified atom stereocenters. The topological polar surface area (TPSA) is 80.9 Å². The lowest BCUT2D eigenvalue weighted by Crippen LogP contribution is -2.38. The highest BCUT2D eigenvalue weighted by atomic mass is 16.3. The van der Waals surface area contributed by atoms with Crippen molar-refractivity contribution in [3.05, 3.63) is 0 Å². The van der Waals surface area contributed by atoms with Crippen LogP contribution in [0.5, 0.6) is 0 Å². The van der Waals surface area contributed by atoms with E-state index in [2.05, 4.69) is 0 Å². The first-order valence-corrected chi connectivity index (χ1v) is 4.20. The maximum Gasteiger partial charge on any atom is 0.0902 e.